The normalized spacial score (nSPS) is 11.8. The Bertz CT molecular complexity index is 842. The van der Waals surface area contributed by atoms with Crippen LogP contribution in [0.3, 0.4) is 0 Å². The van der Waals surface area contributed by atoms with Gasteiger partial charge in [0.25, 0.3) is 5.91 Å². The van der Waals surface area contributed by atoms with E-state index in [0.717, 1.165) is 17.8 Å². The lowest BCUT2D eigenvalue weighted by Gasteiger charge is -2.02. The molecule has 1 heterocycles. The van der Waals surface area contributed by atoms with Crippen LogP contribution in [0, 0.1) is 6.92 Å². The van der Waals surface area contributed by atoms with Gasteiger partial charge < -0.3 is 8.97 Å². The van der Waals surface area contributed by atoms with Crippen LogP contribution < -0.4 is 5.43 Å². The molecule has 2 aromatic rings. The molecule has 0 aliphatic rings. The van der Waals surface area contributed by atoms with Gasteiger partial charge in [-0.3, -0.25) is 4.79 Å². The third-order valence-corrected chi connectivity index (χ3v) is 3.76. The van der Waals surface area contributed by atoms with Crippen molar-refractivity contribution >= 4 is 33.8 Å². The zero-order chi connectivity index (χ0) is 16.3. The van der Waals surface area contributed by atoms with Gasteiger partial charge in [-0.05, 0) is 36.8 Å². The highest BCUT2D eigenvalue weighted by molar-refractivity contribution is 7.85. The molecule has 9 heteroatoms. The van der Waals surface area contributed by atoms with E-state index in [1.165, 1.54) is 12.1 Å². The molecule has 0 bridgehead atoms. The van der Waals surface area contributed by atoms with Gasteiger partial charge in [-0.15, -0.1) is 0 Å². The SMILES string of the molecule is Cc1ccc(C(=O)N/N=C\c2ccc(S(=O)(=O)[O-])o2)cc1Cl. The molecule has 1 N–H and O–H groups in total. The van der Waals surface area contributed by atoms with E-state index in [0.29, 0.717) is 10.6 Å². The lowest BCUT2D eigenvalue weighted by atomic mass is 10.1. The summed E-state index contributed by atoms with van der Waals surface area (Å²) in [5.41, 5.74) is 3.38. The lowest BCUT2D eigenvalue weighted by molar-refractivity contribution is 0.0955. The average molecular weight is 342 g/mol. The Morgan fingerprint density at radius 1 is 1.36 bits per heavy atom. The van der Waals surface area contributed by atoms with Crippen molar-refractivity contribution in [3.8, 4) is 0 Å². The van der Waals surface area contributed by atoms with E-state index in [2.05, 4.69) is 10.5 Å². The Morgan fingerprint density at radius 2 is 2.09 bits per heavy atom. The van der Waals surface area contributed by atoms with Crippen molar-refractivity contribution in [2.24, 2.45) is 5.10 Å². The van der Waals surface area contributed by atoms with Crippen molar-refractivity contribution in [1.82, 2.24) is 5.43 Å². The van der Waals surface area contributed by atoms with E-state index in [4.69, 9.17) is 16.0 Å². The number of halogens is 1. The Morgan fingerprint density at radius 3 is 2.68 bits per heavy atom. The molecule has 22 heavy (non-hydrogen) atoms. The van der Waals surface area contributed by atoms with Gasteiger partial charge in [0.15, 0.2) is 10.1 Å². The molecule has 1 aromatic carbocycles. The van der Waals surface area contributed by atoms with Gasteiger partial charge in [-0.2, -0.15) is 5.10 Å². The third-order valence-electron chi connectivity index (χ3n) is 2.64. The molecule has 116 valence electrons. The van der Waals surface area contributed by atoms with Crippen LogP contribution in [0.15, 0.2) is 44.9 Å². The Balaban J connectivity index is 2.04. The van der Waals surface area contributed by atoms with E-state index in [-0.39, 0.29) is 5.76 Å². The molecule has 7 nitrogen and oxygen atoms in total. The second kappa shape index (κ2) is 6.30. The molecule has 0 saturated carbocycles. The first-order valence-corrected chi connectivity index (χ1v) is 7.71. The summed E-state index contributed by atoms with van der Waals surface area (Å²) in [7, 11) is -4.66. The number of amides is 1. The lowest BCUT2D eigenvalue weighted by Crippen LogP contribution is -2.17. The van der Waals surface area contributed by atoms with Gasteiger partial charge in [-0.1, -0.05) is 17.7 Å². The zero-order valence-electron chi connectivity index (χ0n) is 11.2. The molecule has 1 amide bonds. The molecule has 0 atom stereocenters. The highest BCUT2D eigenvalue weighted by Gasteiger charge is 2.08. The van der Waals surface area contributed by atoms with Gasteiger partial charge in [0.1, 0.15) is 5.76 Å². The minimum atomic E-state index is -4.66. The number of nitrogens with one attached hydrogen (secondary N) is 1. The monoisotopic (exact) mass is 341 g/mol. The first kappa shape index (κ1) is 16.2. The smallest absolute Gasteiger partial charge is 0.271 e. The van der Waals surface area contributed by atoms with E-state index in [9.17, 15) is 17.8 Å². The Kier molecular flexibility index (Phi) is 4.65. The quantitative estimate of drug-likeness (QED) is 0.518. The van der Waals surface area contributed by atoms with Crippen LogP contribution in [0.25, 0.3) is 0 Å². The van der Waals surface area contributed by atoms with Gasteiger partial charge >= 0.3 is 0 Å². The number of carbonyl (C=O) groups excluding carboxylic acids is 1. The highest BCUT2D eigenvalue weighted by Crippen LogP contribution is 2.16. The molecule has 0 aliphatic carbocycles. The summed E-state index contributed by atoms with van der Waals surface area (Å²) in [5.74, 6) is -0.488. The zero-order valence-corrected chi connectivity index (χ0v) is 12.8. The number of benzene rings is 1. The van der Waals surface area contributed by atoms with Crippen molar-refractivity contribution < 1.29 is 22.2 Å². The number of hydrogen-bond donors (Lipinski definition) is 1. The second-order valence-corrected chi connectivity index (χ2v) is 5.99. The van der Waals surface area contributed by atoms with Crippen molar-refractivity contribution in [1.29, 1.82) is 0 Å². The van der Waals surface area contributed by atoms with Gasteiger partial charge in [0.05, 0.1) is 6.21 Å². The van der Waals surface area contributed by atoms with Crippen molar-refractivity contribution in [2.75, 3.05) is 0 Å². The van der Waals surface area contributed by atoms with Crippen LogP contribution in [0.4, 0.5) is 0 Å². The minimum absolute atomic E-state index is 0.0108. The maximum Gasteiger partial charge on any atom is 0.271 e. The molecule has 0 fully saturated rings. The summed E-state index contributed by atoms with van der Waals surface area (Å²) in [6, 6.07) is 7.02. The molecule has 0 radical (unpaired) electrons. The molecule has 0 spiro atoms. The van der Waals surface area contributed by atoms with Crippen LogP contribution in [-0.4, -0.2) is 25.1 Å². The molecular formula is C13H10ClN2O5S-. The fourth-order valence-corrected chi connectivity index (χ4v) is 2.10. The summed E-state index contributed by atoms with van der Waals surface area (Å²) in [6.45, 7) is 1.81. The number of nitrogens with zero attached hydrogens (tertiary/aromatic N) is 1. The maximum atomic E-state index is 11.8. The summed E-state index contributed by atoms with van der Waals surface area (Å²) in [4.78, 5) is 11.8. The van der Waals surface area contributed by atoms with Crippen LogP contribution >= 0.6 is 11.6 Å². The van der Waals surface area contributed by atoms with Crippen LogP contribution in [0.2, 0.25) is 5.02 Å². The summed E-state index contributed by atoms with van der Waals surface area (Å²) in [6.07, 6.45) is 1.07. The fraction of sp³-hybridized carbons (Fsp3) is 0.0769. The number of rotatable bonds is 4. The predicted octanol–water partition coefficient (Wildman–Crippen LogP) is 1.91. The topological polar surface area (TPSA) is 112 Å². The van der Waals surface area contributed by atoms with Gasteiger partial charge in [0, 0.05) is 10.6 Å². The van der Waals surface area contributed by atoms with Crippen LogP contribution in [0.5, 0.6) is 0 Å². The molecule has 0 aliphatic heterocycles. The maximum absolute atomic E-state index is 11.8. The average Bonchev–Trinajstić information content (AvgIpc) is 2.90. The molecule has 1 aromatic heterocycles. The number of hydrogen-bond acceptors (Lipinski definition) is 6. The third kappa shape index (κ3) is 3.94. The van der Waals surface area contributed by atoms with E-state index in [1.807, 2.05) is 0 Å². The Hall–Kier alpha value is -2.16. The number of hydrazone groups is 1. The molecule has 2 rings (SSSR count). The summed E-state index contributed by atoms with van der Waals surface area (Å²) < 4.78 is 36.8. The predicted molar refractivity (Wildman–Crippen MR) is 77.9 cm³/mol. The molecule has 0 unspecified atom stereocenters. The standard InChI is InChI=1S/C13H11ClN2O5S/c1-8-2-3-9(6-11(8)14)13(17)16-15-7-10-4-5-12(21-10)22(18,19)20/h2-7H,1H3,(H,16,17)(H,18,19,20)/p-1/b15-7-. The molecule has 0 saturated heterocycles. The van der Waals surface area contributed by atoms with E-state index < -0.39 is 21.1 Å². The fourth-order valence-electron chi connectivity index (χ4n) is 1.49. The summed E-state index contributed by atoms with van der Waals surface area (Å²) in [5, 5.41) is 3.34. The van der Waals surface area contributed by atoms with Gasteiger partial charge in [-0.25, -0.2) is 13.8 Å². The van der Waals surface area contributed by atoms with Crippen LogP contribution in [-0.2, 0) is 10.1 Å². The number of aryl methyl sites for hydroxylation is 1. The second-order valence-electron chi connectivity index (χ2n) is 4.27. The first-order valence-electron chi connectivity index (χ1n) is 5.92. The van der Waals surface area contributed by atoms with E-state index in [1.54, 1.807) is 19.1 Å². The van der Waals surface area contributed by atoms with Crippen molar-refractivity contribution in [3.05, 3.63) is 52.2 Å². The number of carbonyl (C=O) groups is 1. The largest absolute Gasteiger partial charge is 0.742 e. The van der Waals surface area contributed by atoms with Crippen LogP contribution in [0.1, 0.15) is 21.7 Å². The van der Waals surface area contributed by atoms with Gasteiger partial charge in [0.2, 0.25) is 5.09 Å². The highest BCUT2D eigenvalue weighted by atomic mass is 35.5. The van der Waals surface area contributed by atoms with Crippen molar-refractivity contribution in [3.63, 3.8) is 0 Å². The summed E-state index contributed by atoms with van der Waals surface area (Å²) >= 11 is 5.91. The molecular weight excluding hydrogens is 332 g/mol. The Labute approximate surface area is 131 Å². The van der Waals surface area contributed by atoms with E-state index >= 15 is 0 Å². The van der Waals surface area contributed by atoms with Crippen molar-refractivity contribution in [2.45, 2.75) is 12.0 Å². The minimum Gasteiger partial charge on any atom is -0.742 e. The first-order chi connectivity index (χ1) is 10.3. The number of furan rings is 1.